The van der Waals surface area contributed by atoms with Gasteiger partial charge in [0, 0.05) is 7.11 Å². The van der Waals surface area contributed by atoms with Gasteiger partial charge in [-0.05, 0) is 17.0 Å². The third kappa shape index (κ3) is 5.73. The zero-order valence-electron chi connectivity index (χ0n) is 13.3. The normalized spacial score (nSPS) is 12.8. The van der Waals surface area contributed by atoms with E-state index in [1.807, 2.05) is 18.2 Å². The molecule has 0 radical (unpaired) electrons. The summed E-state index contributed by atoms with van der Waals surface area (Å²) in [6, 6.07) is 7.30. The third-order valence-electron chi connectivity index (χ3n) is 3.04. The van der Waals surface area contributed by atoms with Crippen LogP contribution >= 0.6 is 0 Å². The smallest absolute Gasteiger partial charge is 0.239 e. The minimum Gasteiger partial charge on any atom is -0.491 e. The Bertz CT molecular complexity index is 455. The van der Waals surface area contributed by atoms with Gasteiger partial charge < -0.3 is 20.5 Å². The van der Waals surface area contributed by atoms with E-state index in [1.165, 1.54) is 7.11 Å². The number of para-hydroxylation sites is 1. The number of nitrogens with one attached hydrogen (secondary N) is 1. The van der Waals surface area contributed by atoms with Crippen LogP contribution in [0, 0.1) is 0 Å². The van der Waals surface area contributed by atoms with Crippen molar-refractivity contribution in [1.82, 2.24) is 5.32 Å². The van der Waals surface area contributed by atoms with E-state index in [9.17, 15) is 4.79 Å². The first-order valence-electron chi connectivity index (χ1n) is 7.11. The maximum absolute atomic E-state index is 11.6. The Labute approximate surface area is 126 Å². The molecule has 0 saturated heterocycles. The lowest BCUT2D eigenvalue weighted by Gasteiger charge is -2.22. The van der Waals surface area contributed by atoms with Crippen LogP contribution in [0.2, 0.25) is 0 Å². The van der Waals surface area contributed by atoms with Gasteiger partial charge >= 0.3 is 0 Å². The number of hydrogen-bond donors (Lipinski definition) is 2. The fourth-order valence-electron chi connectivity index (χ4n) is 1.93. The van der Waals surface area contributed by atoms with Crippen molar-refractivity contribution in [3.63, 3.8) is 0 Å². The molecule has 0 fully saturated rings. The SMILES string of the molecule is COCC(N)C(=O)NCCOc1ccccc1C(C)(C)C. The molecule has 0 heterocycles. The Morgan fingerprint density at radius 2 is 2.00 bits per heavy atom. The lowest BCUT2D eigenvalue weighted by atomic mass is 9.86. The molecule has 1 rings (SSSR count). The van der Waals surface area contributed by atoms with Gasteiger partial charge in [-0.2, -0.15) is 0 Å². The van der Waals surface area contributed by atoms with E-state index in [-0.39, 0.29) is 17.9 Å². The van der Waals surface area contributed by atoms with Gasteiger partial charge in [0.05, 0.1) is 13.2 Å². The molecule has 0 aliphatic carbocycles. The van der Waals surface area contributed by atoms with Gasteiger partial charge in [-0.3, -0.25) is 4.79 Å². The first kappa shape index (κ1) is 17.5. The Morgan fingerprint density at radius 1 is 1.33 bits per heavy atom. The second-order valence-corrected chi connectivity index (χ2v) is 5.95. The van der Waals surface area contributed by atoms with Crippen LogP contribution in [-0.4, -0.2) is 38.8 Å². The predicted molar refractivity (Wildman–Crippen MR) is 83.5 cm³/mol. The highest BCUT2D eigenvalue weighted by atomic mass is 16.5. The maximum atomic E-state index is 11.6. The van der Waals surface area contributed by atoms with Crippen molar-refractivity contribution in [2.24, 2.45) is 5.73 Å². The molecule has 21 heavy (non-hydrogen) atoms. The zero-order chi connectivity index (χ0) is 15.9. The molecule has 118 valence electrons. The molecule has 1 aromatic carbocycles. The van der Waals surface area contributed by atoms with Gasteiger partial charge in [0.2, 0.25) is 5.91 Å². The fraction of sp³-hybridized carbons (Fsp3) is 0.562. The average molecular weight is 294 g/mol. The molecule has 0 saturated carbocycles. The minimum atomic E-state index is -0.642. The van der Waals surface area contributed by atoms with Crippen LogP contribution in [0.4, 0.5) is 0 Å². The van der Waals surface area contributed by atoms with Crippen molar-refractivity contribution < 1.29 is 14.3 Å². The van der Waals surface area contributed by atoms with Gasteiger partial charge in [-0.25, -0.2) is 0 Å². The van der Waals surface area contributed by atoms with E-state index in [2.05, 4.69) is 32.2 Å². The quantitative estimate of drug-likeness (QED) is 0.747. The Balaban J connectivity index is 2.45. The van der Waals surface area contributed by atoms with Crippen molar-refractivity contribution in [3.8, 4) is 5.75 Å². The highest BCUT2D eigenvalue weighted by Crippen LogP contribution is 2.30. The fourth-order valence-corrected chi connectivity index (χ4v) is 1.93. The van der Waals surface area contributed by atoms with Crippen molar-refractivity contribution >= 4 is 5.91 Å². The molecule has 1 aromatic rings. The van der Waals surface area contributed by atoms with E-state index in [0.29, 0.717) is 13.2 Å². The topological polar surface area (TPSA) is 73.6 Å². The molecule has 0 aliphatic rings. The van der Waals surface area contributed by atoms with Crippen LogP contribution in [0.15, 0.2) is 24.3 Å². The second kappa shape index (κ2) is 8.00. The monoisotopic (exact) mass is 294 g/mol. The summed E-state index contributed by atoms with van der Waals surface area (Å²) in [5.74, 6) is 0.616. The van der Waals surface area contributed by atoms with Gasteiger partial charge in [-0.15, -0.1) is 0 Å². The van der Waals surface area contributed by atoms with Crippen LogP contribution in [0.5, 0.6) is 5.75 Å². The number of carbonyl (C=O) groups is 1. The average Bonchev–Trinajstić information content (AvgIpc) is 2.43. The number of rotatable bonds is 7. The summed E-state index contributed by atoms with van der Waals surface area (Å²) in [7, 11) is 1.51. The second-order valence-electron chi connectivity index (χ2n) is 5.95. The molecule has 3 N–H and O–H groups in total. The molecular formula is C16H26N2O3. The summed E-state index contributed by atoms with van der Waals surface area (Å²) in [6.07, 6.45) is 0. The predicted octanol–water partition coefficient (Wildman–Crippen LogP) is 1.45. The standard InChI is InChI=1S/C16H26N2O3/c1-16(2,3)12-7-5-6-8-14(12)21-10-9-18-15(19)13(17)11-20-4/h5-8,13H,9-11,17H2,1-4H3,(H,18,19). The number of methoxy groups -OCH3 is 1. The molecule has 1 amide bonds. The molecular weight excluding hydrogens is 268 g/mol. The molecule has 0 spiro atoms. The van der Waals surface area contributed by atoms with Crippen molar-refractivity contribution in [1.29, 1.82) is 0 Å². The summed E-state index contributed by atoms with van der Waals surface area (Å²) in [5, 5.41) is 2.73. The van der Waals surface area contributed by atoms with Crippen LogP contribution in [-0.2, 0) is 14.9 Å². The largest absolute Gasteiger partial charge is 0.491 e. The summed E-state index contributed by atoms with van der Waals surface area (Å²) in [4.78, 5) is 11.6. The number of amides is 1. The van der Waals surface area contributed by atoms with Gasteiger partial charge in [-0.1, -0.05) is 39.0 Å². The van der Waals surface area contributed by atoms with Gasteiger partial charge in [0.25, 0.3) is 0 Å². The van der Waals surface area contributed by atoms with Gasteiger partial charge in [0.15, 0.2) is 0 Å². The summed E-state index contributed by atoms with van der Waals surface area (Å²) < 4.78 is 10.6. The molecule has 0 bridgehead atoms. The summed E-state index contributed by atoms with van der Waals surface area (Å²) in [5.41, 5.74) is 6.78. The molecule has 1 unspecified atom stereocenters. The van der Waals surface area contributed by atoms with E-state index in [4.69, 9.17) is 15.2 Å². The molecule has 5 nitrogen and oxygen atoms in total. The highest BCUT2D eigenvalue weighted by Gasteiger charge is 2.18. The minimum absolute atomic E-state index is 0.0145. The Hall–Kier alpha value is -1.59. The third-order valence-corrected chi connectivity index (χ3v) is 3.04. The van der Waals surface area contributed by atoms with E-state index in [0.717, 1.165) is 11.3 Å². The molecule has 5 heteroatoms. The zero-order valence-corrected chi connectivity index (χ0v) is 13.3. The maximum Gasteiger partial charge on any atom is 0.239 e. The number of carbonyl (C=O) groups excluding carboxylic acids is 1. The summed E-state index contributed by atoms with van der Waals surface area (Å²) >= 11 is 0. The number of benzene rings is 1. The Morgan fingerprint density at radius 3 is 2.62 bits per heavy atom. The van der Waals surface area contributed by atoms with Crippen molar-refractivity contribution in [3.05, 3.63) is 29.8 Å². The molecule has 0 aromatic heterocycles. The van der Waals surface area contributed by atoms with Crippen LogP contribution < -0.4 is 15.8 Å². The number of hydrogen-bond acceptors (Lipinski definition) is 4. The highest BCUT2D eigenvalue weighted by molar-refractivity contribution is 5.81. The Kier molecular flexibility index (Phi) is 6.65. The lowest BCUT2D eigenvalue weighted by molar-refractivity contribution is -0.123. The summed E-state index contributed by atoms with van der Waals surface area (Å²) in [6.45, 7) is 7.44. The van der Waals surface area contributed by atoms with Crippen LogP contribution in [0.1, 0.15) is 26.3 Å². The van der Waals surface area contributed by atoms with Crippen LogP contribution in [0.25, 0.3) is 0 Å². The van der Waals surface area contributed by atoms with Crippen LogP contribution in [0.3, 0.4) is 0 Å². The number of ether oxygens (including phenoxy) is 2. The first-order chi connectivity index (χ1) is 9.86. The van der Waals surface area contributed by atoms with Crippen molar-refractivity contribution in [2.45, 2.75) is 32.2 Å². The number of nitrogens with two attached hydrogens (primary N) is 1. The van der Waals surface area contributed by atoms with E-state index < -0.39 is 6.04 Å². The molecule has 1 atom stereocenters. The van der Waals surface area contributed by atoms with Gasteiger partial charge in [0.1, 0.15) is 18.4 Å². The van der Waals surface area contributed by atoms with E-state index in [1.54, 1.807) is 0 Å². The first-order valence-corrected chi connectivity index (χ1v) is 7.11. The molecule has 0 aliphatic heterocycles. The lowest BCUT2D eigenvalue weighted by Crippen LogP contribution is -2.44. The van der Waals surface area contributed by atoms with Crippen molar-refractivity contribution in [2.75, 3.05) is 26.9 Å². The van der Waals surface area contributed by atoms with E-state index >= 15 is 0 Å².